The van der Waals surface area contributed by atoms with Crippen LogP contribution in [0, 0.1) is 5.41 Å². The summed E-state index contributed by atoms with van der Waals surface area (Å²) in [6, 6.07) is 3.79. The summed E-state index contributed by atoms with van der Waals surface area (Å²) in [5.74, 6) is 1.90. The third kappa shape index (κ3) is 2.65. The summed E-state index contributed by atoms with van der Waals surface area (Å²) in [6.07, 6.45) is 6.12. The molecule has 23 heavy (non-hydrogen) atoms. The maximum absolute atomic E-state index is 12.6. The highest BCUT2D eigenvalue weighted by atomic mass is 16.5. The van der Waals surface area contributed by atoms with E-state index in [2.05, 4.69) is 20.5 Å². The number of hydrogen-bond donors (Lipinski definition) is 2. The number of aromatic nitrogens is 3. The van der Waals surface area contributed by atoms with E-state index in [1.165, 1.54) is 0 Å². The molecule has 2 N–H and O–H groups in total. The van der Waals surface area contributed by atoms with Crippen molar-refractivity contribution in [1.82, 2.24) is 15.2 Å². The first-order valence-electron chi connectivity index (χ1n) is 8.04. The molecule has 7 heteroatoms. The molecule has 0 radical (unpaired) electrons. The van der Waals surface area contributed by atoms with Crippen molar-refractivity contribution in [2.24, 2.45) is 5.41 Å². The zero-order valence-electron chi connectivity index (χ0n) is 13.0. The van der Waals surface area contributed by atoms with Crippen molar-refractivity contribution in [3.63, 3.8) is 0 Å². The number of rotatable bonds is 5. The summed E-state index contributed by atoms with van der Waals surface area (Å²) in [5.41, 5.74) is -0.474. The maximum atomic E-state index is 12.6. The molecule has 3 atom stereocenters. The van der Waals surface area contributed by atoms with Crippen molar-refractivity contribution in [2.75, 3.05) is 5.32 Å². The number of hydrogen-bond acceptors (Lipinski definition) is 5. The second kappa shape index (κ2) is 5.49. The van der Waals surface area contributed by atoms with Crippen LogP contribution < -0.4 is 5.32 Å². The highest BCUT2D eigenvalue weighted by molar-refractivity contribution is 5.94. The second-order valence-electron chi connectivity index (χ2n) is 6.58. The van der Waals surface area contributed by atoms with Gasteiger partial charge in [0, 0.05) is 12.8 Å². The van der Waals surface area contributed by atoms with E-state index in [1.807, 2.05) is 19.1 Å². The van der Waals surface area contributed by atoms with Crippen LogP contribution in [-0.4, -0.2) is 33.3 Å². The summed E-state index contributed by atoms with van der Waals surface area (Å²) in [5, 5.41) is 9.77. The maximum Gasteiger partial charge on any atom is 0.248 e. The van der Waals surface area contributed by atoms with Crippen LogP contribution in [0.1, 0.15) is 37.8 Å². The second-order valence-corrected chi connectivity index (χ2v) is 6.58. The van der Waals surface area contributed by atoms with Crippen LogP contribution in [0.25, 0.3) is 0 Å². The Morgan fingerprint density at radius 3 is 3.09 bits per heavy atom. The molecule has 0 aliphatic carbocycles. The summed E-state index contributed by atoms with van der Waals surface area (Å²) in [7, 11) is 0. The van der Waals surface area contributed by atoms with Gasteiger partial charge in [-0.25, -0.2) is 0 Å². The lowest BCUT2D eigenvalue weighted by atomic mass is 9.75. The van der Waals surface area contributed by atoms with Gasteiger partial charge < -0.3 is 9.15 Å². The van der Waals surface area contributed by atoms with E-state index in [-0.39, 0.29) is 18.1 Å². The Morgan fingerprint density at radius 2 is 2.39 bits per heavy atom. The number of nitrogens with zero attached hydrogens (tertiary/aromatic N) is 2. The van der Waals surface area contributed by atoms with Gasteiger partial charge in [-0.1, -0.05) is 0 Å². The highest BCUT2D eigenvalue weighted by Crippen LogP contribution is 2.47. The van der Waals surface area contributed by atoms with Gasteiger partial charge in [0.25, 0.3) is 0 Å². The van der Waals surface area contributed by atoms with Crippen molar-refractivity contribution >= 4 is 11.9 Å². The number of ether oxygens (including phenoxy) is 1. The first-order chi connectivity index (χ1) is 11.1. The van der Waals surface area contributed by atoms with E-state index < -0.39 is 5.41 Å². The van der Waals surface area contributed by atoms with E-state index in [1.54, 1.807) is 6.26 Å². The predicted molar refractivity (Wildman–Crippen MR) is 81.7 cm³/mol. The molecule has 122 valence electrons. The number of carbonyl (C=O) groups excluding carboxylic acids is 1. The molecule has 2 aliphatic heterocycles. The minimum Gasteiger partial charge on any atom is -0.469 e. The van der Waals surface area contributed by atoms with Crippen LogP contribution in [0.3, 0.4) is 0 Å². The molecule has 4 heterocycles. The third-order valence-electron chi connectivity index (χ3n) is 4.93. The van der Waals surface area contributed by atoms with Crippen LogP contribution >= 0.6 is 0 Å². The summed E-state index contributed by atoms with van der Waals surface area (Å²) in [6.45, 7) is 1.97. The standard InChI is InChI=1S/C16H20N4O3/c1-16(9-11-4-6-12(16)23-11)14(21)18-15-17-13(19-20-15)7-5-10-3-2-8-22-10/h2-3,8,11-12H,4-7,9H2,1H3,(H2,17,18,19,20,21)/t11-,12-,16-/m1/s1. The first-order valence-corrected chi connectivity index (χ1v) is 8.04. The molecule has 2 aliphatic rings. The third-order valence-corrected chi connectivity index (χ3v) is 4.93. The van der Waals surface area contributed by atoms with Gasteiger partial charge in [-0.3, -0.25) is 15.2 Å². The fraction of sp³-hybridized carbons (Fsp3) is 0.562. The molecule has 0 aromatic carbocycles. The molecule has 2 aromatic heterocycles. The van der Waals surface area contributed by atoms with Crippen molar-refractivity contribution in [1.29, 1.82) is 0 Å². The number of aryl methyl sites for hydroxylation is 2. The lowest BCUT2D eigenvalue weighted by Gasteiger charge is -2.28. The number of amides is 1. The molecule has 1 amide bonds. The smallest absolute Gasteiger partial charge is 0.248 e. The van der Waals surface area contributed by atoms with Crippen molar-refractivity contribution in [3.8, 4) is 0 Å². The largest absolute Gasteiger partial charge is 0.469 e. The first kappa shape index (κ1) is 14.4. The summed E-state index contributed by atoms with van der Waals surface area (Å²) >= 11 is 0. The Labute approximate surface area is 133 Å². The van der Waals surface area contributed by atoms with Gasteiger partial charge in [-0.15, -0.1) is 5.10 Å². The number of furan rings is 1. The van der Waals surface area contributed by atoms with E-state index in [9.17, 15) is 4.79 Å². The average Bonchev–Trinajstić information content (AvgIpc) is 3.30. The Morgan fingerprint density at radius 1 is 1.48 bits per heavy atom. The quantitative estimate of drug-likeness (QED) is 0.881. The van der Waals surface area contributed by atoms with Gasteiger partial charge >= 0.3 is 0 Å². The van der Waals surface area contributed by atoms with E-state index >= 15 is 0 Å². The Bertz CT molecular complexity index is 696. The highest BCUT2D eigenvalue weighted by Gasteiger charge is 2.54. The minimum absolute atomic E-state index is 0.0184. The molecule has 2 fully saturated rings. The van der Waals surface area contributed by atoms with E-state index in [0.717, 1.165) is 37.3 Å². The zero-order chi connectivity index (χ0) is 15.9. The van der Waals surface area contributed by atoms with Gasteiger partial charge in [0.1, 0.15) is 11.6 Å². The monoisotopic (exact) mass is 316 g/mol. The van der Waals surface area contributed by atoms with Crippen LogP contribution in [-0.2, 0) is 22.4 Å². The number of anilines is 1. The minimum atomic E-state index is -0.474. The van der Waals surface area contributed by atoms with Crippen molar-refractivity contribution < 1.29 is 13.9 Å². The van der Waals surface area contributed by atoms with Gasteiger partial charge in [-0.2, -0.15) is 4.98 Å². The van der Waals surface area contributed by atoms with Crippen molar-refractivity contribution in [2.45, 2.75) is 51.2 Å². The Hall–Kier alpha value is -2.15. The molecule has 2 bridgehead atoms. The van der Waals surface area contributed by atoms with Crippen LogP contribution in [0.5, 0.6) is 0 Å². The lowest BCUT2D eigenvalue weighted by molar-refractivity contribution is -0.127. The molecule has 4 rings (SSSR count). The number of nitrogens with one attached hydrogen (secondary N) is 2. The van der Waals surface area contributed by atoms with Gasteiger partial charge in [0.05, 0.1) is 23.9 Å². The normalized spacial score (nSPS) is 29.1. The topological polar surface area (TPSA) is 93.0 Å². The molecule has 2 saturated heterocycles. The van der Waals surface area contributed by atoms with E-state index in [4.69, 9.17) is 9.15 Å². The fourth-order valence-corrected chi connectivity index (χ4v) is 3.57. The molecule has 0 saturated carbocycles. The number of carbonyl (C=O) groups is 1. The summed E-state index contributed by atoms with van der Waals surface area (Å²) < 4.78 is 11.1. The molecule has 0 spiro atoms. The molecule has 0 unspecified atom stereocenters. The number of H-pyrrole nitrogens is 1. The van der Waals surface area contributed by atoms with E-state index in [0.29, 0.717) is 12.4 Å². The molecular formula is C16H20N4O3. The SMILES string of the molecule is C[C@@]1(C(=O)Nc2n[nH]c(CCc3ccco3)n2)C[C@H]2CC[C@H]1O2. The number of fused-ring (bicyclic) bond motifs is 2. The molecule has 7 nitrogen and oxygen atoms in total. The van der Waals surface area contributed by atoms with Gasteiger partial charge in [0.15, 0.2) is 0 Å². The molecule has 2 aromatic rings. The van der Waals surface area contributed by atoms with Gasteiger partial charge in [-0.05, 0) is 38.3 Å². The fourth-order valence-electron chi connectivity index (χ4n) is 3.57. The van der Waals surface area contributed by atoms with Crippen LogP contribution in [0.4, 0.5) is 5.95 Å². The molecular weight excluding hydrogens is 296 g/mol. The lowest BCUT2D eigenvalue weighted by Crippen LogP contribution is -2.41. The number of aromatic amines is 1. The Balaban J connectivity index is 1.37. The summed E-state index contributed by atoms with van der Waals surface area (Å²) in [4.78, 5) is 16.9. The van der Waals surface area contributed by atoms with Crippen molar-refractivity contribution in [3.05, 3.63) is 30.0 Å². The average molecular weight is 316 g/mol. The Kier molecular flexibility index (Phi) is 3.45. The predicted octanol–water partition coefficient (Wildman–Crippen LogP) is 2.08. The van der Waals surface area contributed by atoms with Gasteiger partial charge in [0.2, 0.25) is 11.9 Å². The van der Waals surface area contributed by atoms with Crippen LogP contribution in [0.2, 0.25) is 0 Å². The zero-order valence-corrected chi connectivity index (χ0v) is 13.0. The van der Waals surface area contributed by atoms with Crippen LogP contribution in [0.15, 0.2) is 22.8 Å².